The van der Waals surface area contributed by atoms with E-state index in [-0.39, 0.29) is 0 Å². The van der Waals surface area contributed by atoms with Gasteiger partial charge in [0.15, 0.2) is 0 Å². The van der Waals surface area contributed by atoms with Gasteiger partial charge in [0.2, 0.25) is 0 Å². The molecule has 0 saturated heterocycles. The fourth-order valence-electron chi connectivity index (χ4n) is 2.08. The second kappa shape index (κ2) is 11.4. The Kier molecular flexibility index (Phi) is 11.3. The first-order valence-corrected chi connectivity index (χ1v) is 7.10. The fraction of sp³-hybridized carbons (Fsp3) is 1.00. The van der Waals surface area contributed by atoms with E-state index < -0.39 is 0 Å². The van der Waals surface area contributed by atoms with Gasteiger partial charge in [0.05, 0.1) is 0 Å². The van der Waals surface area contributed by atoms with Crippen molar-refractivity contribution in [2.24, 2.45) is 5.92 Å². The molecule has 1 aliphatic carbocycles. The smallest absolute Gasteiger partial charge is 0.0428 e. The minimum Gasteiger partial charge on any atom is -0.396 e. The maximum Gasteiger partial charge on any atom is 0.0428 e. The third-order valence-electron chi connectivity index (χ3n) is 3.27. The summed E-state index contributed by atoms with van der Waals surface area (Å²) < 4.78 is 0. The van der Waals surface area contributed by atoms with E-state index in [2.05, 4.69) is 19.2 Å². The van der Waals surface area contributed by atoms with E-state index >= 15 is 0 Å². The molecular formula is C14H31NO. The number of unbranched alkanes of at least 4 members (excludes halogenated alkanes) is 1. The molecule has 0 heterocycles. The van der Waals surface area contributed by atoms with Crippen molar-refractivity contribution in [3.05, 3.63) is 0 Å². The van der Waals surface area contributed by atoms with Crippen molar-refractivity contribution in [3.8, 4) is 0 Å². The molecule has 98 valence electrons. The first-order valence-electron chi connectivity index (χ1n) is 7.10. The van der Waals surface area contributed by atoms with Crippen LogP contribution >= 0.6 is 0 Å². The van der Waals surface area contributed by atoms with Crippen LogP contribution in [0.25, 0.3) is 0 Å². The zero-order valence-corrected chi connectivity index (χ0v) is 11.5. The van der Waals surface area contributed by atoms with Crippen LogP contribution in [0.3, 0.4) is 0 Å². The minimum atomic E-state index is 0.319. The van der Waals surface area contributed by atoms with Crippen LogP contribution in [-0.2, 0) is 0 Å². The van der Waals surface area contributed by atoms with E-state index in [1.807, 2.05) is 6.92 Å². The molecule has 2 unspecified atom stereocenters. The summed E-state index contributed by atoms with van der Waals surface area (Å²) in [6.07, 6.45) is 9.26. The number of aliphatic hydroxyl groups excluding tert-OH is 1. The average Bonchev–Trinajstić information content (AvgIpc) is 2.32. The molecule has 0 radical (unpaired) electrons. The van der Waals surface area contributed by atoms with Gasteiger partial charge in [0.1, 0.15) is 0 Å². The zero-order chi connectivity index (χ0) is 12.2. The maximum absolute atomic E-state index is 7.88. The molecule has 1 saturated carbocycles. The summed E-state index contributed by atoms with van der Waals surface area (Å²) in [5.74, 6) is 0.913. The van der Waals surface area contributed by atoms with Gasteiger partial charge in [0, 0.05) is 12.6 Å². The summed E-state index contributed by atoms with van der Waals surface area (Å²) in [6.45, 7) is 8.13. The monoisotopic (exact) mass is 229 g/mol. The van der Waals surface area contributed by atoms with Crippen LogP contribution in [0.5, 0.6) is 0 Å². The molecule has 1 fully saturated rings. The minimum absolute atomic E-state index is 0.319. The summed E-state index contributed by atoms with van der Waals surface area (Å²) in [5.41, 5.74) is 0. The molecule has 2 nitrogen and oxygen atoms in total. The average molecular weight is 229 g/mol. The molecule has 0 aromatic carbocycles. The Labute approximate surface area is 102 Å². The quantitative estimate of drug-likeness (QED) is 0.709. The number of rotatable bonds is 5. The van der Waals surface area contributed by atoms with Gasteiger partial charge < -0.3 is 10.4 Å². The Balaban J connectivity index is 0.000000487. The number of hydrogen-bond donors (Lipinski definition) is 2. The molecule has 0 aromatic rings. The second-order valence-corrected chi connectivity index (χ2v) is 4.90. The van der Waals surface area contributed by atoms with Gasteiger partial charge >= 0.3 is 0 Å². The largest absolute Gasteiger partial charge is 0.396 e. The van der Waals surface area contributed by atoms with Crippen molar-refractivity contribution in [1.82, 2.24) is 5.32 Å². The van der Waals surface area contributed by atoms with Crippen molar-refractivity contribution >= 4 is 0 Å². The summed E-state index contributed by atoms with van der Waals surface area (Å²) in [5, 5.41) is 11.5. The summed E-state index contributed by atoms with van der Waals surface area (Å²) in [7, 11) is 0. The van der Waals surface area contributed by atoms with Crippen molar-refractivity contribution in [2.75, 3.05) is 13.2 Å². The van der Waals surface area contributed by atoms with Crippen LogP contribution < -0.4 is 5.32 Å². The van der Waals surface area contributed by atoms with Crippen molar-refractivity contribution in [2.45, 2.75) is 71.8 Å². The molecule has 0 aliphatic heterocycles. The third kappa shape index (κ3) is 8.12. The zero-order valence-electron chi connectivity index (χ0n) is 11.5. The molecule has 2 atom stereocenters. The SMILES string of the molecule is CCCCNC1CCCCC1C.CCCO. The van der Waals surface area contributed by atoms with E-state index in [0.29, 0.717) is 6.61 Å². The van der Waals surface area contributed by atoms with Crippen LogP contribution in [0.2, 0.25) is 0 Å². The molecular weight excluding hydrogens is 198 g/mol. The van der Waals surface area contributed by atoms with E-state index in [1.54, 1.807) is 0 Å². The number of nitrogens with one attached hydrogen (secondary N) is 1. The van der Waals surface area contributed by atoms with Gasteiger partial charge in [-0.3, -0.25) is 0 Å². The second-order valence-electron chi connectivity index (χ2n) is 4.90. The van der Waals surface area contributed by atoms with E-state index in [0.717, 1.165) is 18.4 Å². The van der Waals surface area contributed by atoms with Crippen LogP contribution in [0.1, 0.15) is 65.7 Å². The van der Waals surface area contributed by atoms with Gasteiger partial charge in [-0.1, -0.05) is 40.0 Å². The standard InChI is InChI=1S/C11H23N.C3H8O/c1-3-4-9-12-11-8-6-5-7-10(11)2;1-2-3-4/h10-12H,3-9H2,1-2H3;4H,2-3H2,1H3. The topological polar surface area (TPSA) is 32.3 Å². The highest BCUT2D eigenvalue weighted by Gasteiger charge is 2.19. The van der Waals surface area contributed by atoms with Gasteiger partial charge in [-0.2, -0.15) is 0 Å². The lowest BCUT2D eigenvalue weighted by atomic mass is 9.86. The Hall–Kier alpha value is -0.0800. The molecule has 1 rings (SSSR count). The Morgan fingerprint density at radius 3 is 2.25 bits per heavy atom. The van der Waals surface area contributed by atoms with Gasteiger partial charge in [-0.05, 0) is 38.1 Å². The normalized spacial score (nSPS) is 24.8. The van der Waals surface area contributed by atoms with Gasteiger partial charge in [-0.25, -0.2) is 0 Å². The van der Waals surface area contributed by atoms with E-state index in [9.17, 15) is 0 Å². The summed E-state index contributed by atoms with van der Waals surface area (Å²) >= 11 is 0. The first kappa shape index (κ1) is 15.9. The maximum atomic E-state index is 7.88. The summed E-state index contributed by atoms with van der Waals surface area (Å²) in [4.78, 5) is 0. The highest BCUT2D eigenvalue weighted by molar-refractivity contribution is 4.77. The molecule has 0 aromatic heterocycles. The molecule has 0 bridgehead atoms. The van der Waals surface area contributed by atoms with Crippen molar-refractivity contribution in [1.29, 1.82) is 0 Å². The molecule has 2 heteroatoms. The van der Waals surface area contributed by atoms with Crippen LogP contribution in [0.4, 0.5) is 0 Å². The van der Waals surface area contributed by atoms with Crippen LogP contribution in [-0.4, -0.2) is 24.3 Å². The van der Waals surface area contributed by atoms with E-state index in [1.165, 1.54) is 45.1 Å². The molecule has 0 spiro atoms. The summed E-state index contributed by atoms with van der Waals surface area (Å²) in [6, 6.07) is 0.824. The Bertz CT molecular complexity index is 137. The van der Waals surface area contributed by atoms with Crippen molar-refractivity contribution in [3.63, 3.8) is 0 Å². The number of hydrogen-bond acceptors (Lipinski definition) is 2. The highest BCUT2D eigenvalue weighted by atomic mass is 16.2. The van der Waals surface area contributed by atoms with Gasteiger partial charge in [-0.15, -0.1) is 0 Å². The third-order valence-corrected chi connectivity index (χ3v) is 3.27. The lowest BCUT2D eigenvalue weighted by Crippen LogP contribution is -2.37. The first-order chi connectivity index (χ1) is 7.76. The lowest BCUT2D eigenvalue weighted by molar-refractivity contribution is 0.280. The Morgan fingerprint density at radius 2 is 1.75 bits per heavy atom. The molecule has 2 N–H and O–H groups in total. The van der Waals surface area contributed by atoms with Crippen LogP contribution in [0.15, 0.2) is 0 Å². The lowest BCUT2D eigenvalue weighted by Gasteiger charge is -2.29. The van der Waals surface area contributed by atoms with E-state index in [4.69, 9.17) is 5.11 Å². The Morgan fingerprint density at radius 1 is 1.12 bits per heavy atom. The van der Waals surface area contributed by atoms with Crippen molar-refractivity contribution < 1.29 is 5.11 Å². The predicted octanol–water partition coefficient (Wildman–Crippen LogP) is 3.34. The fourth-order valence-corrected chi connectivity index (χ4v) is 2.08. The molecule has 0 amide bonds. The van der Waals surface area contributed by atoms with Gasteiger partial charge in [0.25, 0.3) is 0 Å². The highest BCUT2D eigenvalue weighted by Crippen LogP contribution is 2.23. The molecule has 1 aliphatic rings. The van der Waals surface area contributed by atoms with Crippen LogP contribution in [0, 0.1) is 5.92 Å². The molecule has 16 heavy (non-hydrogen) atoms. The predicted molar refractivity (Wildman–Crippen MR) is 71.7 cm³/mol. The number of aliphatic hydroxyl groups is 1.